The summed E-state index contributed by atoms with van der Waals surface area (Å²) in [5, 5.41) is 4.60. The minimum atomic E-state index is 0.138. The molecule has 3 rings (SSSR count). The fourth-order valence-corrected chi connectivity index (χ4v) is 3.35. The average Bonchev–Trinajstić information content (AvgIpc) is 3.10. The van der Waals surface area contributed by atoms with Crippen LogP contribution >= 0.6 is 22.9 Å². The number of nitrogens with zero attached hydrogens (tertiary/aromatic N) is 1. The molecule has 1 saturated heterocycles. The predicted molar refractivity (Wildman–Crippen MR) is 78.8 cm³/mol. The zero-order valence-electron chi connectivity index (χ0n) is 10.4. The predicted octanol–water partition coefficient (Wildman–Crippen LogP) is 4.38. The van der Waals surface area contributed by atoms with Crippen molar-refractivity contribution in [1.82, 2.24) is 4.90 Å². The van der Waals surface area contributed by atoms with Gasteiger partial charge in [0.2, 0.25) is 0 Å². The number of likely N-dealkylation sites (tertiary alicyclic amines) is 1. The SMILES string of the molecule is O=C(c1ccsc1)N1CCCC1c1ccc(Cl)cc1. The Morgan fingerprint density at radius 3 is 2.74 bits per heavy atom. The molecule has 0 saturated carbocycles. The maximum Gasteiger partial charge on any atom is 0.255 e. The summed E-state index contributed by atoms with van der Waals surface area (Å²) in [6.07, 6.45) is 2.08. The zero-order valence-corrected chi connectivity index (χ0v) is 12.0. The van der Waals surface area contributed by atoms with Crippen LogP contribution in [0.5, 0.6) is 0 Å². The normalized spacial score (nSPS) is 18.8. The third kappa shape index (κ3) is 2.53. The fraction of sp³-hybridized carbons (Fsp3) is 0.267. The van der Waals surface area contributed by atoms with Gasteiger partial charge in [-0.3, -0.25) is 4.79 Å². The Hall–Kier alpha value is -1.32. The van der Waals surface area contributed by atoms with E-state index in [1.54, 1.807) is 11.3 Å². The lowest BCUT2D eigenvalue weighted by Gasteiger charge is -2.24. The highest BCUT2D eigenvalue weighted by molar-refractivity contribution is 7.08. The molecule has 1 aliphatic rings. The van der Waals surface area contributed by atoms with Crippen LogP contribution in [-0.2, 0) is 0 Å². The number of halogens is 1. The van der Waals surface area contributed by atoms with E-state index in [1.807, 2.05) is 46.0 Å². The summed E-state index contributed by atoms with van der Waals surface area (Å²) in [6.45, 7) is 0.835. The van der Waals surface area contributed by atoms with E-state index in [-0.39, 0.29) is 11.9 Å². The molecule has 1 aromatic heterocycles. The van der Waals surface area contributed by atoms with Gasteiger partial charge in [0.1, 0.15) is 0 Å². The molecule has 1 aromatic carbocycles. The summed E-state index contributed by atoms with van der Waals surface area (Å²) in [5.41, 5.74) is 1.97. The van der Waals surface area contributed by atoms with E-state index in [2.05, 4.69) is 0 Å². The van der Waals surface area contributed by atoms with E-state index < -0.39 is 0 Å². The lowest BCUT2D eigenvalue weighted by molar-refractivity contribution is 0.0736. The number of hydrogen-bond acceptors (Lipinski definition) is 2. The van der Waals surface area contributed by atoms with Crippen LogP contribution in [-0.4, -0.2) is 17.4 Å². The van der Waals surface area contributed by atoms with Crippen LogP contribution in [0.1, 0.15) is 34.8 Å². The van der Waals surface area contributed by atoms with E-state index >= 15 is 0 Å². The first-order chi connectivity index (χ1) is 9.25. The van der Waals surface area contributed by atoms with Crippen molar-refractivity contribution in [3.8, 4) is 0 Å². The van der Waals surface area contributed by atoms with Crippen LogP contribution < -0.4 is 0 Å². The molecule has 0 N–H and O–H groups in total. The molecule has 2 nitrogen and oxygen atoms in total. The molecule has 19 heavy (non-hydrogen) atoms. The number of amides is 1. The fourth-order valence-electron chi connectivity index (χ4n) is 2.59. The molecule has 1 amide bonds. The van der Waals surface area contributed by atoms with Gasteiger partial charge in [-0.2, -0.15) is 11.3 Å². The van der Waals surface area contributed by atoms with Crippen LogP contribution in [0, 0.1) is 0 Å². The van der Waals surface area contributed by atoms with Crippen molar-refractivity contribution in [1.29, 1.82) is 0 Å². The van der Waals surface area contributed by atoms with Gasteiger partial charge in [-0.15, -0.1) is 0 Å². The summed E-state index contributed by atoms with van der Waals surface area (Å²) >= 11 is 7.48. The standard InChI is InChI=1S/C15H14ClNOS/c16-13-5-3-11(4-6-13)14-2-1-8-17(14)15(18)12-7-9-19-10-12/h3-7,9-10,14H,1-2,8H2. The Balaban J connectivity index is 1.85. The quantitative estimate of drug-likeness (QED) is 0.804. The number of benzene rings is 1. The van der Waals surface area contributed by atoms with Crippen LogP contribution in [0.25, 0.3) is 0 Å². The second kappa shape index (κ2) is 5.35. The molecule has 4 heteroatoms. The van der Waals surface area contributed by atoms with Gasteiger partial charge in [-0.1, -0.05) is 23.7 Å². The maximum atomic E-state index is 12.5. The van der Waals surface area contributed by atoms with Gasteiger partial charge in [0.15, 0.2) is 0 Å². The lowest BCUT2D eigenvalue weighted by atomic mass is 10.0. The zero-order chi connectivity index (χ0) is 13.2. The van der Waals surface area contributed by atoms with Gasteiger partial charge in [-0.25, -0.2) is 0 Å². The highest BCUT2D eigenvalue weighted by atomic mass is 35.5. The average molecular weight is 292 g/mol. The van der Waals surface area contributed by atoms with Crippen LogP contribution in [0.2, 0.25) is 5.02 Å². The molecule has 1 unspecified atom stereocenters. The monoisotopic (exact) mass is 291 g/mol. The summed E-state index contributed by atoms with van der Waals surface area (Å²) in [6, 6.07) is 9.90. The topological polar surface area (TPSA) is 20.3 Å². The first-order valence-electron chi connectivity index (χ1n) is 6.34. The van der Waals surface area contributed by atoms with Gasteiger partial charge in [0.05, 0.1) is 11.6 Å². The molecular formula is C15H14ClNOS. The van der Waals surface area contributed by atoms with Crippen LogP contribution in [0.3, 0.4) is 0 Å². The maximum absolute atomic E-state index is 12.5. The Labute approximate surface area is 121 Å². The Morgan fingerprint density at radius 1 is 1.26 bits per heavy atom. The molecule has 2 aromatic rings. The first kappa shape index (κ1) is 12.7. The van der Waals surface area contributed by atoms with E-state index in [0.717, 1.165) is 30.0 Å². The van der Waals surface area contributed by atoms with E-state index in [1.165, 1.54) is 5.56 Å². The summed E-state index contributed by atoms with van der Waals surface area (Å²) in [5.74, 6) is 0.138. The number of carbonyl (C=O) groups is 1. The molecule has 1 atom stereocenters. The van der Waals surface area contributed by atoms with Crippen molar-refractivity contribution >= 4 is 28.8 Å². The summed E-state index contributed by atoms with van der Waals surface area (Å²) in [4.78, 5) is 14.4. The Morgan fingerprint density at radius 2 is 2.05 bits per heavy atom. The molecule has 2 heterocycles. The Bertz CT molecular complexity index is 564. The van der Waals surface area contributed by atoms with Crippen molar-refractivity contribution in [2.24, 2.45) is 0 Å². The third-order valence-electron chi connectivity index (χ3n) is 3.54. The molecule has 0 aliphatic carbocycles. The van der Waals surface area contributed by atoms with Crippen molar-refractivity contribution in [3.05, 3.63) is 57.2 Å². The molecule has 98 valence electrons. The highest BCUT2D eigenvalue weighted by Crippen LogP contribution is 2.33. The molecule has 0 radical (unpaired) electrons. The minimum absolute atomic E-state index is 0.138. The largest absolute Gasteiger partial charge is 0.332 e. The van der Waals surface area contributed by atoms with Crippen molar-refractivity contribution in [2.45, 2.75) is 18.9 Å². The van der Waals surface area contributed by atoms with E-state index in [0.29, 0.717) is 0 Å². The molecular weight excluding hydrogens is 278 g/mol. The number of thiophene rings is 1. The van der Waals surface area contributed by atoms with Crippen LogP contribution in [0.4, 0.5) is 0 Å². The van der Waals surface area contributed by atoms with Gasteiger partial charge in [0, 0.05) is 16.9 Å². The first-order valence-corrected chi connectivity index (χ1v) is 7.66. The van der Waals surface area contributed by atoms with Crippen molar-refractivity contribution in [2.75, 3.05) is 6.54 Å². The van der Waals surface area contributed by atoms with E-state index in [9.17, 15) is 4.79 Å². The van der Waals surface area contributed by atoms with Crippen LogP contribution in [0.15, 0.2) is 41.1 Å². The van der Waals surface area contributed by atoms with Gasteiger partial charge >= 0.3 is 0 Å². The molecule has 0 spiro atoms. The summed E-state index contributed by atoms with van der Waals surface area (Å²) in [7, 11) is 0. The highest BCUT2D eigenvalue weighted by Gasteiger charge is 2.30. The van der Waals surface area contributed by atoms with Crippen molar-refractivity contribution in [3.63, 3.8) is 0 Å². The van der Waals surface area contributed by atoms with Gasteiger partial charge in [-0.05, 0) is 42.0 Å². The summed E-state index contributed by atoms with van der Waals surface area (Å²) < 4.78 is 0. The number of hydrogen-bond donors (Lipinski definition) is 0. The smallest absolute Gasteiger partial charge is 0.255 e. The van der Waals surface area contributed by atoms with Crippen molar-refractivity contribution < 1.29 is 4.79 Å². The Kier molecular flexibility index (Phi) is 3.58. The lowest BCUT2D eigenvalue weighted by Crippen LogP contribution is -2.30. The number of carbonyl (C=O) groups excluding carboxylic acids is 1. The molecule has 1 aliphatic heterocycles. The van der Waals surface area contributed by atoms with Gasteiger partial charge in [0.25, 0.3) is 5.91 Å². The molecule has 1 fully saturated rings. The van der Waals surface area contributed by atoms with E-state index in [4.69, 9.17) is 11.6 Å². The second-order valence-electron chi connectivity index (χ2n) is 4.72. The number of rotatable bonds is 2. The minimum Gasteiger partial charge on any atom is -0.332 e. The molecule has 0 bridgehead atoms. The second-order valence-corrected chi connectivity index (χ2v) is 5.94. The van der Waals surface area contributed by atoms with Gasteiger partial charge < -0.3 is 4.90 Å². The third-order valence-corrected chi connectivity index (χ3v) is 4.47.